The van der Waals surface area contributed by atoms with Gasteiger partial charge in [-0.1, -0.05) is 115 Å². The lowest BCUT2D eigenvalue weighted by atomic mass is 10.1. The molecule has 0 saturated heterocycles. The fourth-order valence-corrected chi connectivity index (χ4v) is 8.72. The van der Waals surface area contributed by atoms with Gasteiger partial charge in [0, 0.05) is 21.8 Å². The summed E-state index contributed by atoms with van der Waals surface area (Å²) in [5.41, 5.74) is 4.17. The van der Waals surface area contributed by atoms with Crippen LogP contribution in [0.3, 0.4) is 0 Å². The number of thioether (sulfide) groups is 1. The first kappa shape index (κ1) is 45.3. The van der Waals surface area contributed by atoms with Gasteiger partial charge >= 0.3 is 5.97 Å². The highest BCUT2D eigenvalue weighted by atomic mass is 32.2. The number of ether oxygens (including phenoxy) is 2. The van der Waals surface area contributed by atoms with Crippen LogP contribution in [0.4, 0.5) is 16.4 Å². The third-order valence-electron chi connectivity index (χ3n) is 9.76. The first-order valence-electron chi connectivity index (χ1n) is 20.6. The summed E-state index contributed by atoms with van der Waals surface area (Å²) in [6, 6.07) is 50.6. The molecule has 4 N–H and O–H groups in total. The molecule has 0 saturated carbocycles. The van der Waals surface area contributed by atoms with Crippen molar-refractivity contribution in [2.75, 3.05) is 22.6 Å². The minimum absolute atomic E-state index is 0.00290. The summed E-state index contributed by atoms with van der Waals surface area (Å²) in [6.45, 7) is 3.82. The molecule has 0 fully saturated rings. The number of hydrogen-bond acceptors (Lipinski definition) is 9. The lowest BCUT2D eigenvalue weighted by Crippen LogP contribution is -2.30. The number of amides is 4. The van der Waals surface area contributed by atoms with Crippen molar-refractivity contribution in [3.63, 3.8) is 0 Å². The minimum atomic E-state index is -0.846. The van der Waals surface area contributed by atoms with Gasteiger partial charge < -0.3 is 30.7 Å². The molecule has 65 heavy (non-hydrogen) atoms. The Kier molecular flexibility index (Phi) is 15.4. The topological polar surface area (TPSA) is 152 Å². The van der Waals surface area contributed by atoms with Crippen LogP contribution in [0, 0.1) is 6.92 Å². The zero-order chi connectivity index (χ0) is 45.5. The maximum Gasteiger partial charge on any atom is 0.341 e. The largest absolute Gasteiger partial charge is 0.489 e. The zero-order valence-corrected chi connectivity index (χ0v) is 37.0. The molecule has 0 spiro atoms. The SMILES string of the molecule is CCOC(=O)c1c(NC(=O)C(Sc2cccc(NC(=O)/C(=C\c3ccc(OCc4ccccc4)cc3)NC(=O)c3ccccc3)c2)c2ccccc2)sc(C(=O)Nc2ccccc2)c1C. The minimum Gasteiger partial charge on any atom is -0.489 e. The molecule has 13 heteroatoms. The number of thiophene rings is 1. The average Bonchev–Trinajstić information content (AvgIpc) is 3.66. The van der Waals surface area contributed by atoms with Crippen molar-refractivity contribution in [1.29, 1.82) is 0 Å². The van der Waals surface area contributed by atoms with Gasteiger partial charge in [-0.15, -0.1) is 23.1 Å². The number of benzene rings is 6. The molecular weight excluding hydrogens is 857 g/mol. The summed E-state index contributed by atoms with van der Waals surface area (Å²) in [5.74, 6) is -1.96. The number of para-hydroxylation sites is 1. The second-order valence-electron chi connectivity index (χ2n) is 14.4. The Hall–Kier alpha value is -7.74. The van der Waals surface area contributed by atoms with Crippen molar-refractivity contribution in [2.45, 2.75) is 30.6 Å². The molecule has 0 radical (unpaired) electrons. The van der Waals surface area contributed by atoms with Gasteiger partial charge in [0.1, 0.15) is 28.3 Å². The van der Waals surface area contributed by atoms with Crippen molar-refractivity contribution >= 4 is 75.1 Å². The van der Waals surface area contributed by atoms with E-state index in [0.29, 0.717) is 50.9 Å². The number of nitrogens with one attached hydrogen (secondary N) is 4. The molecule has 1 atom stereocenters. The lowest BCUT2D eigenvalue weighted by molar-refractivity contribution is -0.116. The third kappa shape index (κ3) is 12.3. The number of rotatable bonds is 17. The highest BCUT2D eigenvalue weighted by molar-refractivity contribution is 8.00. The highest BCUT2D eigenvalue weighted by Gasteiger charge is 2.30. The van der Waals surface area contributed by atoms with Gasteiger partial charge in [-0.3, -0.25) is 19.2 Å². The van der Waals surface area contributed by atoms with E-state index in [0.717, 1.165) is 16.9 Å². The average molecular weight is 901 g/mol. The fourth-order valence-electron chi connectivity index (χ4n) is 6.55. The van der Waals surface area contributed by atoms with Crippen molar-refractivity contribution in [3.8, 4) is 5.75 Å². The Balaban J connectivity index is 1.12. The van der Waals surface area contributed by atoms with E-state index in [4.69, 9.17) is 9.47 Å². The van der Waals surface area contributed by atoms with Crippen molar-refractivity contribution < 1.29 is 33.4 Å². The monoisotopic (exact) mass is 900 g/mol. The molecular formula is C52H44N4O7S2. The normalized spacial score (nSPS) is 11.4. The number of esters is 1. The lowest BCUT2D eigenvalue weighted by Gasteiger charge is -2.18. The summed E-state index contributed by atoms with van der Waals surface area (Å²) < 4.78 is 11.3. The molecule has 6 aromatic carbocycles. The van der Waals surface area contributed by atoms with Crippen LogP contribution in [-0.2, 0) is 20.9 Å². The summed E-state index contributed by atoms with van der Waals surface area (Å²) in [5, 5.41) is 10.8. The fraction of sp³-hybridized carbons (Fsp3) is 0.0962. The Labute approximate surface area is 384 Å². The quantitative estimate of drug-likeness (QED) is 0.0401. The van der Waals surface area contributed by atoms with Crippen LogP contribution < -0.4 is 26.0 Å². The van der Waals surface area contributed by atoms with Gasteiger partial charge in [-0.25, -0.2) is 4.79 Å². The van der Waals surface area contributed by atoms with E-state index in [1.165, 1.54) is 11.8 Å². The van der Waals surface area contributed by atoms with Crippen molar-refractivity contribution in [1.82, 2.24) is 5.32 Å². The molecule has 1 aromatic heterocycles. The maximum atomic E-state index is 14.4. The predicted octanol–water partition coefficient (Wildman–Crippen LogP) is 10.9. The van der Waals surface area contributed by atoms with Gasteiger partial charge in [0.25, 0.3) is 17.7 Å². The molecule has 326 valence electrons. The first-order chi connectivity index (χ1) is 31.6. The summed E-state index contributed by atoms with van der Waals surface area (Å²) >= 11 is 2.22. The van der Waals surface area contributed by atoms with Gasteiger partial charge in [-0.2, -0.15) is 0 Å². The van der Waals surface area contributed by atoms with E-state index in [2.05, 4.69) is 21.3 Å². The van der Waals surface area contributed by atoms with Crippen LogP contribution in [-0.4, -0.2) is 36.2 Å². The molecule has 1 heterocycles. The highest BCUT2D eigenvalue weighted by Crippen LogP contribution is 2.40. The van der Waals surface area contributed by atoms with Gasteiger partial charge in [0.05, 0.1) is 17.0 Å². The van der Waals surface area contributed by atoms with Gasteiger partial charge in [0.2, 0.25) is 5.91 Å². The zero-order valence-electron chi connectivity index (χ0n) is 35.4. The third-order valence-corrected chi connectivity index (χ3v) is 12.2. The molecule has 7 rings (SSSR count). The van der Waals surface area contributed by atoms with Crippen LogP contribution in [0.15, 0.2) is 180 Å². The first-order valence-corrected chi connectivity index (χ1v) is 22.3. The molecule has 0 bridgehead atoms. The van der Waals surface area contributed by atoms with Crippen LogP contribution in [0.2, 0.25) is 0 Å². The van der Waals surface area contributed by atoms with Crippen molar-refractivity contribution in [2.24, 2.45) is 0 Å². The number of carbonyl (C=O) groups excluding carboxylic acids is 5. The van der Waals surface area contributed by atoms with Crippen LogP contribution in [0.25, 0.3) is 6.08 Å². The summed E-state index contributed by atoms with van der Waals surface area (Å²) in [7, 11) is 0. The van der Waals surface area contributed by atoms with E-state index in [1.54, 1.807) is 117 Å². The Bertz CT molecular complexity index is 2800. The van der Waals surface area contributed by atoms with E-state index >= 15 is 0 Å². The molecule has 0 aliphatic heterocycles. The standard InChI is InChI=1S/C52H44N4O7S2/c1-3-62-52(61)44-34(2)45(49(59)53-39-23-14-7-15-24-39)65-51(44)56-50(60)46(37-19-10-5-11-20-37)64-42-26-16-25-40(32-42)54-48(58)43(55-47(57)38-21-12-6-13-22-38)31-35-27-29-41(30-28-35)63-33-36-17-8-4-9-18-36/h4-32,46H,3,33H2,1-2H3,(H,53,59)(H,54,58)(H,55,57)(H,56,60)/b43-31+. The molecule has 7 aromatic rings. The molecule has 4 amide bonds. The predicted molar refractivity (Wildman–Crippen MR) is 257 cm³/mol. The van der Waals surface area contributed by atoms with Crippen LogP contribution >= 0.6 is 23.1 Å². The number of anilines is 3. The second-order valence-corrected chi connectivity index (χ2v) is 16.6. The van der Waals surface area contributed by atoms with Gasteiger partial charge in [0.15, 0.2) is 0 Å². The second kappa shape index (κ2) is 22.1. The molecule has 0 aliphatic rings. The van der Waals surface area contributed by atoms with E-state index in [1.807, 2.05) is 72.8 Å². The number of carbonyl (C=O) groups is 5. The summed E-state index contributed by atoms with van der Waals surface area (Å²) in [4.78, 5) is 69.5. The van der Waals surface area contributed by atoms with E-state index in [-0.39, 0.29) is 27.7 Å². The number of hydrogen-bond donors (Lipinski definition) is 4. The Morgan fingerprint density at radius 1 is 0.677 bits per heavy atom. The van der Waals surface area contributed by atoms with E-state index in [9.17, 15) is 24.0 Å². The summed E-state index contributed by atoms with van der Waals surface area (Å²) in [6.07, 6.45) is 1.58. The molecule has 0 aliphatic carbocycles. The Morgan fingerprint density at radius 3 is 1.98 bits per heavy atom. The molecule has 1 unspecified atom stereocenters. The van der Waals surface area contributed by atoms with Crippen LogP contribution in [0.5, 0.6) is 5.75 Å². The van der Waals surface area contributed by atoms with Crippen molar-refractivity contribution in [3.05, 3.63) is 214 Å². The Morgan fingerprint density at radius 2 is 1.31 bits per heavy atom. The van der Waals surface area contributed by atoms with Crippen LogP contribution in [0.1, 0.15) is 64.8 Å². The van der Waals surface area contributed by atoms with E-state index < -0.39 is 34.8 Å². The maximum absolute atomic E-state index is 14.4. The smallest absolute Gasteiger partial charge is 0.341 e. The molecule has 11 nitrogen and oxygen atoms in total. The van der Waals surface area contributed by atoms with Gasteiger partial charge in [-0.05, 0) is 96.8 Å².